The van der Waals surface area contributed by atoms with Crippen molar-refractivity contribution in [1.82, 2.24) is 10.1 Å². The fraction of sp³-hybridized carbons (Fsp3) is 0.429. The molecule has 1 aromatic heterocycles. The van der Waals surface area contributed by atoms with Crippen molar-refractivity contribution in [1.29, 1.82) is 0 Å². The maximum Gasteiger partial charge on any atom is 0.231 e. The van der Waals surface area contributed by atoms with Crippen LogP contribution in [0.3, 0.4) is 0 Å². The van der Waals surface area contributed by atoms with Crippen LogP contribution < -0.4 is 5.73 Å². The predicted octanol–water partition coefficient (Wildman–Crippen LogP) is 3.37. The number of hydrogen-bond donors (Lipinski definition) is 1. The summed E-state index contributed by atoms with van der Waals surface area (Å²) in [7, 11) is 0. The summed E-state index contributed by atoms with van der Waals surface area (Å²) in [4.78, 5) is 4.48. The number of halogens is 1. The van der Waals surface area contributed by atoms with Gasteiger partial charge in [0.2, 0.25) is 11.7 Å². The van der Waals surface area contributed by atoms with E-state index in [-0.39, 0.29) is 12.0 Å². The highest BCUT2D eigenvalue weighted by atomic mass is 35.5. The van der Waals surface area contributed by atoms with Crippen LogP contribution in [0.1, 0.15) is 37.5 Å². The minimum atomic E-state index is 0.132. The molecule has 1 aliphatic carbocycles. The van der Waals surface area contributed by atoms with Crippen LogP contribution in [0.4, 0.5) is 0 Å². The van der Waals surface area contributed by atoms with Gasteiger partial charge in [-0.25, -0.2) is 0 Å². The van der Waals surface area contributed by atoms with Gasteiger partial charge in [0.1, 0.15) is 0 Å². The lowest BCUT2D eigenvalue weighted by atomic mass is 9.85. The molecule has 5 heteroatoms. The van der Waals surface area contributed by atoms with E-state index in [9.17, 15) is 0 Å². The molecule has 2 N–H and O–H groups in total. The van der Waals surface area contributed by atoms with Crippen molar-refractivity contribution in [2.45, 2.75) is 37.6 Å². The van der Waals surface area contributed by atoms with E-state index in [0.717, 1.165) is 18.4 Å². The first-order chi connectivity index (χ1) is 9.24. The average Bonchev–Trinajstić information content (AvgIpc) is 2.89. The molecule has 0 saturated heterocycles. The Kier molecular flexibility index (Phi) is 3.53. The standard InChI is InChI=1S/C14H16ClN3O/c15-10-7-5-9(6-8-10)13-17-14(19-18-13)11-3-1-2-4-12(11)16/h5-8,11-12H,1-4,16H2. The number of aromatic nitrogens is 2. The van der Waals surface area contributed by atoms with Gasteiger partial charge in [-0.1, -0.05) is 29.6 Å². The molecule has 1 aliphatic rings. The van der Waals surface area contributed by atoms with Gasteiger partial charge in [0.15, 0.2) is 0 Å². The second kappa shape index (κ2) is 5.31. The fourth-order valence-electron chi connectivity index (χ4n) is 2.57. The molecule has 2 unspecified atom stereocenters. The van der Waals surface area contributed by atoms with Crippen LogP contribution >= 0.6 is 11.6 Å². The maximum absolute atomic E-state index is 6.13. The van der Waals surface area contributed by atoms with Crippen LogP contribution in [0.2, 0.25) is 5.02 Å². The minimum absolute atomic E-state index is 0.132. The van der Waals surface area contributed by atoms with Crippen molar-refractivity contribution in [2.24, 2.45) is 5.73 Å². The molecule has 3 rings (SSSR count). The second-order valence-electron chi connectivity index (χ2n) is 5.02. The highest BCUT2D eigenvalue weighted by molar-refractivity contribution is 6.30. The van der Waals surface area contributed by atoms with E-state index in [1.165, 1.54) is 12.8 Å². The Morgan fingerprint density at radius 1 is 1.16 bits per heavy atom. The molecule has 4 nitrogen and oxygen atoms in total. The number of benzene rings is 1. The first-order valence-electron chi connectivity index (χ1n) is 6.59. The zero-order chi connectivity index (χ0) is 13.2. The summed E-state index contributed by atoms with van der Waals surface area (Å²) >= 11 is 5.86. The van der Waals surface area contributed by atoms with Crippen LogP contribution in [0.5, 0.6) is 0 Å². The third-order valence-electron chi connectivity index (χ3n) is 3.68. The number of nitrogens with zero attached hydrogens (tertiary/aromatic N) is 2. The van der Waals surface area contributed by atoms with Crippen molar-refractivity contribution >= 4 is 11.6 Å². The molecule has 100 valence electrons. The van der Waals surface area contributed by atoms with E-state index >= 15 is 0 Å². The highest BCUT2D eigenvalue weighted by Crippen LogP contribution is 2.32. The molecule has 0 aliphatic heterocycles. The fourth-order valence-corrected chi connectivity index (χ4v) is 2.69. The van der Waals surface area contributed by atoms with Gasteiger partial charge < -0.3 is 10.3 Å². The third kappa shape index (κ3) is 2.65. The van der Waals surface area contributed by atoms with E-state index in [0.29, 0.717) is 16.7 Å². The predicted molar refractivity (Wildman–Crippen MR) is 73.9 cm³/mol. The summed E-state index contributed by atoms with van der Waals surface area (Å²) in [5, 5.41) is 4.74. The summed E-state index contributed by atoms with van der Waals surface area (Å²) < 4.78 is 5.39. The van der Waals surface area contributed by atoms with Gasteiger partial charge in [0.25, 0.3) is 0 Å². The Morgan fingerprint density at radius 3 is 2.63 bits per heavy atom. The molecule has 2 atom stereocenters. The first kappa shape index (κ1) is 12.6. The van der Waals surface area contributed by atoms with Gasteiger partial charge in [-0.3, -0.25) is 0 Å². The lowest BCUT2D eigenvalue weighted by Gasteiger charge is -2.25. The molecular weight excluding hydrogens is 262 g/mol. The normalized spacial score (nSPS) is 23.5. The van der Waals surface area contributed by atoms with E-state index in [4.69, 9.17) is 21.9 Å². The molecule has 1 saturated carbocycles. The molecule has 1 heterocycles. The van der Waals surface area contributed by atoms with Crippen LogP contribution in [0.25, 0.3) is 11.4 Å². The molecular formula is C14H16ClN3O. The van der Waals surface area contributed by atoms with Crippen LogP contribution in [-0.2, 0) is 0 Å². The van der Waals surface area contributed by atoms with Crippen molar-refractivity contribution in [3.63, 3.8) is 0 Å². The van der Waals surface area contributed by atoms with Gasteiger partial charge in [-0.05, 0) is 37.1 Å². The molecule has 1 aromatic carbocycles. The highest BCUT2D eigenvalue weighted by Gasteiger charge is 2.28. The summed E-state index contributed by atoms with van der Waals surface area (Å²) in [6.45, 7) is 0. The minimum Gasteiger partial charge on any atom is -0.339 e. The van der Waals surface area contributed by atoms with Crippen LogP contribution in [0, 0.1) is 0 Å². The number of hydrogen-bond acceptors (Lipinski definition) is 4. The number of rotatable bonds is 2. The van der Waals surface area contributed by atoms with Gasteiger partial charge in [-0.15, -0.1) is 0 Å². The van der Waals surface area contributed by atoms with Crippen molar-refractivity contribution in [3.8, 4) is 11.4 Å². The topological polar surface area (TPSA) is 64.9 Å². The number of nitrogens with two attached hydrogens (primary N) is 1. The van der Waals surface area contributed by atoms with Crippen LogP contribution in [-0.4, -0.2) is 16.2 Å². The molecule has 0 radical (unpaired) electrons. The average molecular weight is 278 g/mol. The molecule has 0 amide bonds. The Bertz CT molecular complexity index is 552. The van der Waals surface area contributed by atoms with Gasteiger partial charge in [0, 0.05) is 16.6 Å². The Morgan fingerprint density at radius 2 is 1.89 bits per heavy atom. The van der Waals surface area contributed by atoms with E-state index in [1.807, 2.05) is 24.3 Å². The molecule has 1 fully saturated rings. The van der Waals surface area contributed by atoms with E-state index < -0.39 is 0 Å². The van der Waals surface area contributed by atoms with Crippen LogP contribution in [0.15, 0.2) is 28.8 Å². The zero-order valence-electron chi connectivity index (χ0n) is 10.6. The first-order valence-corrected chi connectivity index (χ1v) is 6.97. The zero-order valence-corrected chi connectivity index (χ0v) is 11.3. The SMILES string of the molecule is NC1CCCCC1c1nc(-c2ccc(Cl)cc2)no1. The van der Waals surface area contributed by atoms with Crippen molar-refractivity contribution in [3.05, 3.63) is 35.2 Å². The Hall–Kier alpha value is -1.39. The largest absolute Gasteiger partial charge is 0.339 e. The Balaban J connectivity index is 1.84. The molecule has 0 spiro atoms. The third-order valence-corrected chi connectivity index (χ3v) is 3.93. The summed E-state index contributed by atoms with van der Waals surface area (Å²) in [5.41, 5.74) is 7.04. The quantitative estimate of drug-likeness (QED) is 0.914. The van der Waals surface area contributed by atoms with E-state index in [1.54, 1.807) is 0 Å². The lowest BCUT2D eigenvalue weighted by Crippen LogP contribution is -2.31. The monoisotopic (exact) mass is 277 g/mol. The summed E-state index contributed by atoms with van der Waals surface area (Å²) in [5.74, 6) is 1.46. The lowest BCUT2D eigenvalue weighted by molar-refractivity contribution is 0.290. The van der Waals surface area contributed by atoms with Crippen molar-refractivity contribution < 1.29 is 4.52 Å². The Labute approximate surface area is 117 Å². The summed E-state index contributed by atoms with van der Waals surface area (Å²) in [6.07, 6.45) is 4.43. The van der Waals surface area contributed by atoms with Gasteiger partial charge in [-0.2, -0.15) is 4.98 Å². The molecule has 19 heavy (non-hydrogen) atoms. The second-order valence-corrected chi connectivity index (χ2v) is 5.45. The van der Waals surface area contributed by atoms with Crippen molar-refractivity contribution in [2.75, 3.05) is 0 Å². The maximum atomic E-state index is 6.13. The summed E-state index contributed by atoms with van der Waals surface area (Å²) in [6, 6.07) is 7.54. The molecule has 0 bridgehead atoms. The van der Waals surface area contributed by atoms with E-state index in [2.05, 4.69) is 10.1 Å². The van der Waals surface area contributed by atoms with Gasteiger partial charge >= 0.3 is 0 Å². The van der Waals surface area contributed by atoms with Gasteiger partial charge in [0.05, 0.1) is 5.92 Å². The molecule has 2 aromatic rings. The smallest absolute Gasteiger partial charge is 0.231 e.